The van der Waals surface area contributed by atoms with Gasteiger partial charge in [0.25, 0.3) is 0 Å². The smallest absolute Gasteiger partial charge is 0.190 e. The van der Waals surface area contributed by atoms with Crippen LogP contribution < -0.4 is 5.32 Å². The van der Waals surface area contributed by atoms with Crippen molar-refractivity contribution in [2.75, 3.05) is 24.7 Å². The Labute approximate surface area is 139 Å². The van der Waals surface area contributed by atoms with E-state index in [1.54, 1.807) is 11.8 Å². The molecule has 1 aliphatic rings. The molecule has 120 valence electrons. The van der Waals surface area contributed by atoms with Gasteiger partial charge in [0.2, 0.25) is 0 Å². The van der Waals surface area contributed by atoms with Gasteiger partial charge in [-0.15, -0.1) is 11.3 Å². The van der Waals surface area contributed by atoms with Crippen molar-refractivity contribution in [3.63, 3.8) is 0 Å². The summed E-state index contributed by atoms with van der Waals surface area (Å²) in [5.41, 5.74) is 1.48. The van der Waals surface area contributed by atoms with Gasteiger partial charge in [0.15, 0.2) is 5.16 Å². The zero-order chi connectivity index (χ0) is 15.4. The first kappa shape index (κ1) is 16.0. The summed E-state index contributed by atoms with van der Waals surface area (Å²) in [5, 5.41) is 14.5. The van der Waals surface area contributed by atoms with Gasteiger partial charge in [-0.2, -0.15) is 0 Å². The van der Waals surface area contributed by atoms with Crippen molar-refractivity contribution in [1.29, 1.82) is 0 Å². The van der Waals surface area contributed by atoms with Gasteiger partial charge in [-0.25, -0.2) is 9.97 Å². The summed E-state index contributed by atoms with van der Waals surface area (Å²) < 4.78 is 0. The van der Waals surface area contributed by atoms with Crippen LogP contribution in [-0.2, 0) is 12.8 Å². The Bertz CT molecular complexity index is 642. The molecule has 0 spiro atoms. The summed E-state index contributed by atoms with van der Waals surface area (Å²) in [6.07, 6.45) is 9.95. The van der Waals surface area contributed by atoms with Crippen LogP contribution in [0, 0.1) is 0 Å². The molecule has 2 N–H and O–H groups in total. The van der Waals surface area contributed by atoms with Crippen LogP contribution in [0.1, 0.15) is 42.5 Å². The molecule has 0 radical (unpaired) electrons. The molecule has 0 saturated heterocycles. The molecule has 0 atom stereocenters. The fraction of sp³-hybridized carbons (Fsp3) is 0.625. The normalized spacial score (nSPS) is 14.3. The minimum atomic E-state index is 0.284. The van der Waals surface area contributed by atoms with Gasteiger partial charge in [-0.05, 0) is 56.8 Å². The Hall–Kier alpha value is -0.850. The first-order chi connectivity index (χ1) is 10.8. The van der Waals surface area contributed by atoms with E-state index in [1.807, 2.05) is 17.6 Å². The van der Waals surface area contributed by atoms with Crippen molar-refractivity contribution in [3.05, 3.63) is 10.4 Å². The standard InChI is InChI=1S/C16H23N3OS2/c1-21-16-18-14(17-9-5-2-6-10-20)13-11-7-3-4-8-12(11)22-15(13)19-16/h20H,2-10H2,1H3,(H,17,18,19). The molecular weight excluding hydrogens is 314 g/mol. The molecule has 0 fully saturated rings. The lowest BCUT2D eigenvalue weighted by Gasteiger charge is -2.13. The number of nitrogens with zero attached hydrogens (tertiary/aromatic N) is 2. The number of hydrogen-bond donors (Lipinski definition) is 2. The molecule has 4 nitrogen and oxygen atoms in total. The van der Waals surface area contributed by atoms with Crippen LogP contribution in [0.15, 0.2) is 5.16 Å². The highest BCUT2D eigenvalue weighted by molar-refractivity contribution is 7.98. The van der Waals surface area contributed by atoms with E-state index < -0.39 is 0 Å². The van der Waals surface area contributed by atoms with E-state index in [-0.39, 0.29) is 6.61 Å². The zero-order valence-electron chi connectivity index (χ0n) is 13.0. The number of aromatic nitrogens is 2. The number of aliphatic hydroxyl groups excluding tert-OH is 1. The van der Waals surface area contributed by atoms with Crippen molar-refractivity contribution in [3.8, 4) is 0 Å². The number of hydrogen-bond acceptors (Lipinski definition) is 6. The molecule has 0 bridgehead atoms. The van der Waals surface area contributed by atoms with Crippen LogP contribution in [0.5, 0.6) is 0 Å². The van der Waals surface area contributed by atoms with Gasteiger partial charge < -0.3 is 10.4 Å². The monoisotopic (exact) mass is 337 g/mol. The van der Waals surface area contributed by atoms with E-state index in [4.69, 9.17) is 15.1 Å². The summed E-state index contributed by atoms with van der Waals surface area (Å²) in [7, 11) is 0. The third-order valence-corrected chi connectivity index (χ3v) is 5.84. The predicted molar refractivity (Wildman–Crippen MR) is 95.3 cm³/mol. The summed E-state index contributed by atoms with van der Waals surface area (Å²) in [6.45, 7) is 1.19. The van der Waals surface area contributed by atoms with Crippen LogP contribution in [-0.4, -0.2) is 34.5 Å². The summed E-state index contributed by atoms with van der Waals surface area (Å²) in [6, 6.07) is 0. The molecular formula is C16H23N3OS2. The van der Waals surface area contributed by atoms with Gasteiger partial charge in [0.05, 0.1) is 5.39 Å². The lowest BCUT2D eigenvalue weighted by molar-refractivity contribution is 0.283. The number of thioether (sulfide) groups is 1. The highest BCUT2D eigenvalue weighted by Gasteiger charge is 2.20. The second kappa shape index (κ2) is 7.62. The summed E-state index contributed by atoms with van der Waals surface area (Å²) in [4.78, 5) is 12.1. The molecule has 0 saturated carbocycles. The van der Waals surface area contributed by atoms with E-state index in [1.165, 1.54) is 35.1 Å². The number of anilines is 1. The lowest BCUT2D eigenvalue weighted by Crippen LogP contribution is -2.07. The highest BCUT2D eigenvalue weighted by atomic mass is 32.2. The summed E-state index contributed by atoms with van der Waals surface area (Å²) in [5.74, 6) is 1.01. The Kier molecular flexibility index (Phi) is 5.55. The van der Waals surface area contributed by atoms with Gasteiger partial charge in [0.1, 0.15) is 10.6 Å². The number of nitrogens with one attached hydrogen (secondary N) is 1. The number of fused-ring (bicyclic) bond motifs is 3. The largest absolute Gasteiger partial charge is 0.396 e. The van der Waals surface area contributed by atoms with Crippen LogP contribution in [0.3, 0.4) is 0 Å². The molecule has 0 aliphatic heterocycles. The second-order valence-corrected chi connectivity index (χ2v) is 7.52. The van der Waals surface area contributed by atoms with Gasteiger partial charge in [-0.3, -0.25) is 0 Å². The Morgan fingerprint density at radius 2 is 2.05 bits per heavy atom. The van der Waals surface area contributed by atoms with E-state index in [9.17, 15) is 0 Å². The molecule has 3 rings (SSSR count). The number of thiophene rings is 1. The number of unbranched alkanes of at least 4 members (excludes halogenated alkanes) is 2. The average Bonchev–Trinajstić information content (AvgIpc) is 2.92. The van der Waals surface area contributed by atoms with Gasteiger partial charge in [-0.1, -0.05) is 11.8 Å². The van der Waals surface area contributed by atoms with Crippen molar-refractivity contribution >= 4 is 39.1 Å². The molecule has 22 heavy (non-hydrogen) atoms. The molecule has 2 aromatic heterocycles. The summed E-state index contributed by atoms with van der Waals surface area (Å²) >= 11 is 3.46. The van der Waals surface area contributed by atoms with Crippen LogP contribution in [0.25, 0.3) is 10.2 Å². The Morgan fingerprint density at radius 1 is 1.18 bits per heavy atom. The fourth-order valence-corrected chi connectivity index (χ4v) is 4.66. The maximum absolute atomic E-state index is 8.85. The molecule has 2 heterocycles. The Balaban J connectivity index is 1.87. The number of aliphatic hydroxyl groups is 1. The highest BCUT2D eigenvalue weighted by Crippen LogP contribution is 2.39. The van der Waals surface area contributed by atoms with Gasteiger partial charge in [0, 0.05) is 18.0 Å². The fourth-order valence-electron chi connectivity index (χ4n) is 2.98. The maximum atomic E-state index is 8.85. The molecule has 6 heteroatoms. The first-order valence-electron chi connectivity index (χ1n) is 8.04. The predicted octanol–water partition coefficient (Wildman–Crippen LogP) is 3.87. The van der Waals surface area contributed by atoms with Crippen LogP contribution >= 0.6 is 23.1 Å². The second-order valence-electron chi connectivity index (χ2n) is 5.66. The molecule has 1 aliphatic carbocycles. The average molecular weight is 338 g/mol. The molecule has 0 unspecified atom stereocenters. The molecule has 0 aromatic carbocycles. The zero-order valence-corrected chi connectivity index (χ0v) is 14.7. The minimum Gasteiger partial charge on any atom is -0.396 e. The van der Waals surface area contributed by atoms with Crippen LogP contribution in [0.4, 0.5) is 5.82 Å². The SMILES string of the molecule is CSc1nc(NCCCCCO)c2c3c(sc2n1)CCCC3. The van der Waals surface area contributed by atoms with E-state index in [0.29, 0.717) is 0 Å². The number of aryl methyl sites for hydroxylation is 2. The topological polar surface area (TPSA) is 58.0 Å². The lowest BCUT2D eigenvalue weighted by atomic mass is 9.97. The van der Waals surface area contributed by atoms with Crippen molar-refractivity contribution in [1.82, 2.24) is 9.97 Å². The first-order valence-corrected chi connectivity index (χ1v) is 10.1. The van der Waals surface area contributed by atoms with Crippen molar-refractivity contribution < 1.29 is 5.11 Å². The van der Waals surface area contributed by atoms with E-state index in [0.717, 1.165) is 48.0 Å². The molecule has 2 aromatic rings. The van der Waals surface area contributed by atoms with Crippen molar-refractivity contribution in [2.24, 2.45) is 0 Å². The van der Waals surface area contributed by atoms with Crippen molar-refractivity contribution in [2.45, 2.75) is 50.1 Å². The third kappa shape index (κ3) is 3.39. The maximum Gasteiger partial charge on any atom is 0.190 e. The number of rotatable bonds is 7. The third-order valence-electron chi connectivity index (χ3n) is 4.10. The van der Waals surface area contributed by atoms with Gasteiger partial charge >= 0.3 is 0 Å². The molecule has 0 amide bonds. The Morgan fingerprint density at radius 3 is 2.86 bits per heavy atom. The van der Waals surface area contributed by atoms with E-state index in [2.05, 4.69) is 5.32 Å². The van der Waals surface area contributed by atoms with E-state index >= 15 is 0 Å². The van der Waals surface area contributed by atoms with Crippen LogP contribution in [0.2, 0.25) is 0 Å². The quantitative estimate of drug-likeness (QED) is 0.456. The minimum absolute atomic E-state index is 0.284.